The topological polar surface area (TPSA) is 86.5 Å². The summed E-state index contributed by atoms with van der Waals surface area (Å²) in [7, 11) is -4.13. The van der Waals surface area contributed by atoms with E-state index in [1.54, 1.807) is 18.2 Å². The molecule has 0 heterocycles. The largest absolute Gasteiger partial charge is 0.367 e. The van der Waals surface area contributed by atoms with Crippen LogP contribution in [0.1, 0.15) is 37.7 Å². The molecule has 25 heavy (non-hydrogen) atoms. The van der Waals surface area contributed by atoms with E-state index in [9.17, 15) is 13.2 Å². The van der Waals surface area contributed by atoms with E-state index in [4.69, 9.17) is 9.92 Å². The molecule has 0 aromatic heterocycles. The van der Waals surface area contributed by atoms with Crippen molar-refractivity contribution in [1.82, 2.24) is 0 Å². The van der Waals surface area contributed by atoms with E-state index in [-0.39, 0.29) is 4.90 Å². The second kappa shape index (κ2) is 7.05. The fourth-order valence-electron chi connectivity index (χ4n) is 3.42. The van der Waals surface area contributed by atoms with Gasteiger partial charge in [0.15, 0.2) is 5.60 Å². The highest BCUT2D eigenvalue weighted by molar-refractivity contribution is 9.08. The summed E-state index contributed by atoms with van der Waals surface area (Å²) in [5, 5.41) is 2.02. The Kier molecular flexibility index (Phi) is 5.18. The zero-order valence-electron chi connectivity index (χ0n) is 13.7. The lowest BCUT2D eigenvalue weighted by Crippen LogP contribution is -2.49. The van der Waals surface area contributed by atoms with Crippen LogP contribution < -0.4 is 5.73 Å². The van der Waals surface area contributed by atoms with Crippen molar-refractivity contribution >= 4 is 42.7 Å². The molecule has 0 unspecified atom stereocenters. The summed E-state index contributed by atoms with van der Waals surface area (Å²) < 4.78 is 31.4. The van der Waals surface area contributed by atoms with E-state index >= 15 is 0 Å². The number of carbonyl (C=O) groups excluding carboxylic acids is 1. The fraction of sp³-hybridized carbons (Fsp3) is 0.389. The molecule has 2 aromatic carbocycles. The zero-order chi connectivity index (χ0) is 18.1. The maximum atomic E-state index is 13.0. The summed E-state index contributed by atoms with van der Waals surface area (Å²) in [5.74, 6) is -0.711. The van der Waals surface area contributed by atoms with Crippen LogP contribution in [0.3, 0.4) is 0 Å². The molecule has 1 amide bonds. The van der Waals surface area contributed by atoms with E-state index in [0.717, 1.165) is 30.2 Å². The lowest BCUT2D eigenvalue weighted by molar-refractivity contribution is -0.135. The van der Waals surface area contributed by atoms with Gasteiger partial charge in [-0.1, -0.05) is 52.7 Å². The van der Waals surface area contributed by atoms with Gasteiger partial charge < -0.3 is 5.73 Å². The van der Waals surface area contributed by atoms with Crippen molar-refractivity contribution in [2.45, 2.75) is 47.9 Å². The second-order valence-corrected chi connectivity index (χ2v) is 8.43. The Labute approximate surface area is 155 Å². The van der Waals surface area contributed by atoms with Crippen LogP contribution in [0.2, 0.25) is 0 Å². The summed E-state index contributed by atoms with van der Waals surface area (Å²) in [6, 6.07) is 10.5. The lowest BCUT2D eigenvalue weighted by atomic mass is 9.84. The third kappa shape index (κ3) is 3.45. The fourth-order valence-corrected chi connectivity index (χ4v) is 5.35. The molecule has 0 aliphatic heterocycles. The Morgan fingerprint density at radius 1 is 1.08 bits per heavy atom. The molecule has 2 aromatic rings. The Morgan fingerprint density at radius 2 is 1.72 bits per heavy atom. The van der Waals surface area contributed by atoms with Gasteiger partial charge >= 0.3 is 0 Å². The molecule has 1 aliphatic rings. The molecule has 1 saturated carbocycles. The van der Waals surface area contributed by atoms with Gasteiger partial charge in [-0.2, -0.15) is 8.42 Å². The molecule has 3 rings (SSSR count). The minimum absolute atomic E-state index is 0.0685. The van der Waals surface area contributed by atoms with E-state index in [2.05, 4.69) is 15.9 Å². The van der Waals surface area contributed by atoms with Crippen LogP contribution in [0.4, 0.5) is 0 Å². The van der Waals surface area contributed by atoms with Crippen LogP contribution in [-0.2, 0) is 24.4 Å². The summed E-state index contributed by atoms with van der Waals surface area (Å²) in [6.07, 6.45) is 3.06. The van der Waals surface area contributed by atoms with Gasteiger partial charge in [0, 0.05) is 10.7 Å². The van der Waals surface area contributed by atoms with Crippen LogP contribution in [0.15, 0.2) is 41.3 Å². The van der Waals surface area contributed by atoms with E-state index < -0.39 is 21.6 Å². The molecule has 2 N–H and O–H groups in total. The molecule has 7 heteroatoms. The highest BCUT2D eigenvalue weighted by atomic mass is 79.9. The first-order valence-corrected chi connectivity index (χ1v) is 10.7. The number of fused-ring (bicyclic) bond motifs is 1. The first-order chi connectivity index (χ1) is 11.9. The number of hydrogen-bond donors (Lipinski definition) is 1. The Hall–Kier alpha value is -1.44. The number of halogens is 1. The highest BCUT2D eigenvalue weighted by Gasteiger charge is 2.44. The molecule has 0 atom stereocenters. The van der Waals surface area contributed by atoms with Gasteiger partial charge in [-0.25, -0.2) is 4.18 Å². The number of hydrogen-bond acceptors (Lipinski definition) is 4. The molecule has 0 spiro atoms. The van der Waals surface area contributed by atoms with Crippen LogP contribution in [0.5, 0.6) is 0 Å². The van der Waals surface area contributed by atoms with Crippen molar-refractivity contribution < 1.29 is 17.4 Å². The van der Waals surface area contributed by atoms with Crippen LogP contribution in [-0.4, -0.2) is 19.9 Å². The minimum atomic E-state index is -4.13. The monoisotopic (exact) mass is 425 g/mol. The average Bonchev–Trinajstić information content (AvgIpc) is 2.61. The van der Waals surface area contributed by atoms with E-state index in [1.165, 1.54) is 6.07 Å². The third-order valence-corrected chi connectivity index (χ3v) is 6.80. The van der Waals surface area contributed by atoms with E-state index in [0.29, 0.717) is 23.6 Å². The number of rotatable bonds is 5. The van der Waals surface area contributed by atoms with E-state index in [1.807, 2.05) is 12.1 Å². The van der Waals surface area contributed by atoms with Crippen molar-refractivity contribution in [3.8, 4) is 0 Å². The molecule has 0 bridgehead atoms. The predicted molar refractivity (Wildman–Crippen MR) is 99.9 cm³/mol. The smallest absolute Gasteiger partial charge is 0.298 e. The third-order valence-electron chi connectivity index (χ3n) is 4.77. The van der Waals surface area contributed by atoms with Crippen molar-refractivity contribution in [1.29, 1.82) is 0 Å². The molecule has 134 valence electrons. The standard InChI is InChI=1S/C18H20BrNO4S/c19-12-13-8-9-16(15-7-3-2-6-14(13)15)25(22,23)24-18(17(20)21)10-4-1-5-11-18/h2-3,6-9H,1,4-5,10-12H2,(H2,20,21). The quantitative estimate of drug-likeness (QED) is 0.585. The van der Waals surface area contributed by atoms with Gasteiger partial charge in [0.05, 0.1) is 0 Å². The summed E-state index contributed by atoms with van der Waals surface area (Å²) >= 11 is 3.42. The summed E-state index contributed by atoms with van der Waals surface area (Å²) in [4.78, 5) is 12.0. The first-order valence-electron chi connectivity index (χ1n) is 8.22. The number of alkyl halides is 1. The number of benzene rings is 2. The maximum Gasteiger partial charge on any atom is 0.298 e. The summed E-state index contributed by atoms with van der Waals surface area (Å²) in [6.45, 7) is 0. The summed E-state index contributed by atoms with van der Waals surface area (Å²) in [5.41, 5.74) is 5.06. The number of nitrogens with two attached hydrogens (primary N) is 1. The molecule has 1 aliphatic carbocycles. The van der Waals surface area contributed by atoms with Crippen molar-refractivity contribution in [2.24, 2.45) is 5.73 Å². The number of carbonyl (C=O) groups is 1. The number of primary amides is 1. The van der Waals surface area contributed by atoms with Gasteiger partial charge in [-0.15, -0.1) is 0 Å². The van der Waals surface area contributed by atoms with Crippen LogP contribution in [0.25, 0.3) is 10.8 Å². The highest BCUT2D eigenvalue weighted by Crippen LogP contribution is 2.36. The molecule has 0 radical (unpaired) electrons. The van der Waals surface area contributed by atoms with Crippen molar-refractivity contribution in [3.63, 3.8) is 0 Å². The zero-order valence-corrected chi connectivity index (χ0v) is 16.1. The molecular formula is C18H20BrNO4S. The molecule has 0 saturated heterocycles. The maximum absolute atomic E-state index is 13.0. The Bertz CT molecular complexity index is 904. The average molecular weight is 426 g/mol. The number of amides is 1. The first kappa shape index (κ1) is 18.4. The van der Waals surface area contributed by atoms with Gasteiger partial charge in [0.2, 0.25) is 0 Å². The van der Waals surface area contributed by atoms with Gasteiger partial charge in [-0.05, 0) is 42.7 Å². The normalized spacial score (nSPS) is 17.5. The Morgan fingerprint density at radius 3 is 2.32 bits per heavy atom. The van der Waals surface area contributed by atoms with Crippen molar-refractivity contribution in [3.05, 3.63) is 42.0 Å². The Balaban J connectivity index is 2.09. The van der Waals surface area contributed by atoms with Crippen LogP contribution >= 0.6 is 15.9 Å². The van der Waals surface area contributed by atoms with Gasteiger partial charge in [-0.3, -0.25) is 4.79 Å². The molecular weight excluding hydrogens is 406 g/mol. The lowest BCUT2D eigenvalue weighted by Gasteiger charge is -2.33. The van der Waals surface area contributed by atoms with Crippen LogP contribution in [0, 0.1) is 0 Å². The minimum Gasteiger partial charge on any atom is -0.367 e. The molecule has 5 nitrogen and oxygen atoms in total. The second-order valence-electron chi connectivity index (χ2n) is 6.36. The van der Waals surface area contributed by atoms with Gasteiger partial charge in [0.1, 0.15) is 4.90 Å². The molecule has 1 fully saturated rings. The predicted octanol–water partition coefficient (Wildman–Crippen LogP) is 3.63. The van der Waals surface area contributed by atoms with Gasteiger partial charge in [0.25, 0.3) is 16.0 Å². The SMILES string of the molecule is NC(=O)C1(OS(=O)(=O)c2ccc(CBr)c3ccccc23)CCCCC1. The van der Waals surface area contributed by atoms with Crippen molar-refractivity contribution in [2.75, 3.05) is 0 Å².